The fourth-order valence-corrected chi connectivity index (χ4v) is 4.54. The van der Waals surface area contributed by atoms with Crippen LogP contribution in [0.15, 0.2) is 46.2 Å². The van der Waals surface area contributed by atoms with Crippen LogP contribution in [0.4, 0.5) is 0 Å². The molecule has 2 heterocycles. The smallest absolute Gasteiger partial charge is 0.260 e. The Balaban J connectivity index is 1.89. The molecule has 4 nitrogen and oxygen atoms in total. The van der Waals surface area contributed by atoms with Gasteiger partial charge in [-0.1, -0.05) is 26.0 Å². The van der Waals surface area contributed by atoms with E-state index in [0.29, 0.717) is 30.0 Å². The number of hydrogen-bond acceptors (Lipinski definition) is 4. The number of fused-ring (bicyclic) bond motifs is 1. The zero-order valence-corrected chi connectivity index (χ0v) is 17.7. The van der Waals surface area contributed by atoms with Crippen LogP contribution in [0.2, 0.25) is 0 Å². The van der Waals surface area contributed by atoms with Gasteiger partial charge in [0.25, 0.3) is 11.5 Å². The van der Waals surface area contributed by atoms with E-state index in [-0.39, 0.29) is 11.5 Å². The summed E-state index contributed by atoms with van der Waals surface area (Å²) in [6.07, 6.45) is 3.86. The molecule has 0 unspecified atom stereocenters. The van der Waals surface area contributed by atoms with Gasteiger partial charge in [-0.2, -0.15) is 0 Å². The van der Waals surface area contributed by atoms with Gasteiger partial charge in [0.15, 0.2) is 0 Å². The minimum atomic E-state index is -0.188. The van der Waals surface area contributed by atoms with Gasteiger partial charge in [0, 0.05) is 33.8 Å². The van der Waals surface area contributed by atoms with Crippen molar-refractivity contribution in [3.8, 4) is 0 Å². The number of aryl methyl sites for hydroxylation is 1. The Morgan fingerprint density at radius 2 is 1.93 bits per heavy atom. The zero-order chi connectivity index (χ0) is 19.6. The third-order valence-electron chi connectivity index (χ3n) is 4.39. The summed E-state index contributed by atoms with van der Waals surface area (Å²) in [5, 5.41) is 3.51. The van der Waals surface area contributed by atoms with E-state index in [2.05, 4.69) is 19.2 Å². The molecule has 0 atom stereocenters. The number of aromatic nitrogens is 1. The second kappa shape index (κ2) is 8.31. The maximum absolute atomic E-state index is 12.9. The molecule has 0 radical (unpaired) electrons. The monoisotopic (exact) mass is 400 g/mol. The van der Waals surface area contributed by atoms with E-state index in [0.717, 1.165) is 15.1 Å². The van der Waals surface area contributed by atoms with Gasteiger partial charge in [-0.15, -0.1) is 23.1 Å². The summed E-state index contributed by atoms with van der Waals surface area (Å²) in [7, 11) is 0. The van der Waals surface area contributed by atoms with Crippen LogP contribution in [0.3, 0.4) is 0 Å². The summed E-state index contributed by atoms with van der Waals surface area (Å²) >= 11 is 3.19. The van der Waals surface area contributed by atoms with Crippen molar-refractivity contribution < 1.29 is 4.79 Å². The molecule has 0 aliphatic carbocycles. The molecule has 3 rings (SSSR count). The van der Waals surface area contributed by atoms with Crippen molar-refractivity contribution in [1.29, 1.82) is 0 Å². The van der Waals surface area contributed by atoms with Crippen LogP contribution in [0.25, 0.3) is 10.1 Å². The summed E-state index contributed by atoms with van der Waals surface area (Å²) in [4.78, 5) is 27.9. The number of benzene rings is 1. The van der Waals surface area contributed by atoms with Gasteiger partial charge >= 0.3 is 0 Å². The van der Waals surface area contributed by atoms with Crippen LogP contribution in [0, 0.1) is 12.8 Å². The Labute approximate surface area is 167 Å². The third-order valence-corrected chi connectivity index (χ3v) is 6.21. The number of nitrogens with one attached hydrogen (secondary N) is 1. The molecule has 1 aromatic carbocycles. The second-order valence-corrected chi connectivity index (χ2v) is 9.11. The molecule has 2 aromatic heterocycles. The molecule has 1 amide bonds. The van der Waals surface area contributed by atoms with E-state index >= 15 is 0 Å². The number of thiophene rings is 1. The normalized spacial score (nSPS) is 11.3. The summed E-state index contributed by atoms with van der Waals surface area (Å²) in [6, 6.07) is 10.1. The molecule has 0 saturated heterocycles. The molecular formula is C21H24N2O2S2. The van der Waals surface area contributed by atoms with E-state index in [1.54, 1.807) is 16.3 Å². The fraction of sp³-hybridized carbons (Fsp3) is 0.333. The van der Waals surface area contributed by atoms with Crippen molar-refractivity contribution in [1.82, 2.24) is 9.88 Å². The van der Waals surface area contributed by atoms with Crippen LogP contribution in [-0.4, -0.2) is 16.7 Å². The molecule has 0 spiro atoms. The summed E-state index contributed by atoms with van der Waals surface area (Å²) in [5.41, 5.74) is 1.47. The van der Waals surface area contributed by atoms with Gasteiger partial charge in [0.1, 0.15) is 0 Å². The highest BCUT2D eigenvalue weighted by molar-refractivity contribution is 7.98. The quantitative estimate of drug-likeness (QED) is 0.611. The number of thioether (sulfide) groups is 1. The fourth-order valence-electron chi connectivity index (χ4n) is 3.09. The second-order valence-electron chi connectivity index (χ2n) is 6.97. The number of amides is 1. The molecule has 142 valence electrons. The molecule has 6 heteroatoms. The lowest BCUT2D eigenvalue weighted by Gasteiger charge is -2.10. The van der Waals surface area contributed by atoms with Crippen molar-refractivity contribution in [2.24, 2.45) is 5.92 Å². The molecule has 0 bridgehead atoms. The number of carbonyl (C=O) groups is 1. The predicted octanol–water partition coefficient (Wildman–Crippen LogP) is 4.68. The average Bonchev–Trinajstić information content (AvgIpc) is 2.99. The molecule has 27 heavy (non-hydrogen) atoms. The van der Waals surface area contributed by atoms with Gasteiger partial charge in [-0.25, -0.2) is 0 Å². The summed E-state index contributed by atoms with van der Waals surface area (Å²) < 4.78 is 2.57. The number of pyridine rings is 1. The predicted molar refractivity (Wildman–Crippen MR) is 115 cm³/mol. The van der Waals surface area contributed by atoms with Crippen molar-refractivity contribution in [2.45, 2.75) is 38.8 Å². The lowest BCUT2D eigenvalue weighted by atomic mass is 10.1. The van der Waals surface area contributed by atoms with Crippen molar-refractivity contribution >= 4 is 39.1 Å². The standard InChI is InChI=1S/C21H24N2O2S2/c1-13(2)12-23-10-9-17-19(21(23)25)18(14(3)27-17)20(24)22-11-15-5-7-16(26-4)8-6-15/h5-10,13H,11-12H2,1-4H3,(H,22,24). The first kappa shape index (κ1) is 19.7. The Bertz CT molecular complexity index is 1020. The average molecular weight is 401 g/mol. The van der Waals surface area contributed by atoms with Crippen LogP contribution < -0.4 is 10.9 Å². The van der Waals surface area contributed by atoms with E-state index in [1.807, 2.05) is 49.7 Å². The molecule has 1 N–H and O–H groups in total. The molecule has 3 aromatic rings. The van der Waals surface area contributed by atoms with Gasteiger partial charge in [-0.05, 0) is 42.9 Å². The Hall–Kier alpha value is -2.05. The first-order chi connectivity index (χ1) is 12.9. The Morgan fingerprint density at radius 3 is 2.56 bits per heavy atom. The first-order valence-corrected chi connectivity index (χ1v) is 11.0. The van der Waals surface area contributed by atoms with E-state index in [9.17, 15) is 9.59 Å². The van der Waals surface area contributed by atoms with Gasteiger partial charge in [0.05, 0.1) is 10.9 Å². The highest BCUT2D eigenvalue weighted by atomic mass is 32.2. The van der Waals surface area contributed by atoms with Crippen molar-refractivity contribution in [2.75, 3.05) is 6.26 Å². The van der Waals surface area contributed by atoms with Crippen LogP contribution >= 0.6 is 23.1 Å². The molecule has 0 aliphatic rings. The maximum Gasteiger partial charge on any atom is 0.260 e. The van der Waals surface area contributed by atoms with Crippen molar-refractivity contribution in [3.63, 3.8) is 0 Å². The maximum atomic E-state index is 12.9. The lowest BCUT2D eigenvalue weighted by molar-refractivity contribution is 0.0952. The van der Waals surface area contributed by atoms with Crippen molar-refractivity contribution in [3.05, 3.63) is 62.9 Å². The zero-order valence-electron chi connectivity index (χ0n) is 16.0. The van der Waals surface area contributed by atoms with Crippen LogP contribution in [-0.2, 0) is 13.1 Å². The third kappa shape index (κ3) is 4.28. The Kier molecular flexibility index (Phi) is 6.07. The minimum absolute atomic E-state index is 0.0833. The van der Waals surface area contributed by atoms with Crippen LogP contribution in [0.1, 0.15) is 34.6 Å². The van der Waals surface area contributed by atoms with Gasteiger partial charge in [0.2, 0.25) is 0 Å². The first-order valence-electron chi connectivity index (χ1n) is 8.94. The molecule has 0 fully saturated rings. The number of hydrogen-bond donors (Lipinski definition) is 1. The molecule has 0 aliphatic heterocycles. The topological polar surface area (TPSA) is 51.1 Å². The minimum Gasteiger partial charge on any atom is -0.348 e. The SMILES string of the molecule is CSc1ccc(CNC(=O)c2c(C)sc3ccn(CC(C)C)c(=O)c23)cc1. The Morgan fingerprint density at radius 1 is 1.22 bits per heavy atom. The number of nitrogens with zero attached hydrogens (tertiary/aromatic N) is 1. The summed E-state index contributed by atoms with van der Waals surface area (Å²) in [6.45, 7) is 7.14. The molecular weight excluding hydrogens is 376 g/mol. The highest BCUT2D eigenvalue weighted by Gasteiger charge is 2.20. The van der Waals surface area contributed by atoms with Crippen LogP contribution in [0.5, 0.6) is 0 Å². The van der Waals surface area contributed by atoms with E-state index in [1.165, 1.54) is 16.2 Å². The number of rotatable bonds is 6. The molecule has 0 saturated carbocycles. The number of carbonyl (C=O) groups excluding carboxylic acids is 1. The van der Waals surface area contributed by atoms with E-state index in [4.69, 9.17) is 0 Å². The van der Waals surface area contributed by atoms with Gasteiger partial charge < -0.3 is 9.88 Å². The lowest BCUT2D eigenvalue weighted by Crippen LogP contribution is -2.27. The van der Waals surface area contributed by atoms with E-state index < -0.39 is 0 Å². The highest BCUT2D eigenvalue weighted by Crippen LogP contribution is 2.28. The largest absolute Gasteiger partial charge is 0.348 e. The summed E-state index contributed by atoms with van der Waals surface area (Å²) in [5.74, 6) is 0.175. The van der Waals surface area contributed by atoms with Gasteiger partial charge in [-0.3, -0.25) is 9.59 Å².